The largest absolute Gasteiger partial charge is 0.306 e. The molecule has 112 valence electrons. The topological polar surface area (TPSA) is 12.0 Å². The molecule has 1 N–H and O–H groups in total. The van der Waals surface area contributed by atoms with Crippen LogP contribution in [0, 0.1) is 11.6 Å². The molecule has 0 spiro atoms. The summed E-state index contributed by atoms with van der Waals surface area (Å²) < 4.78 is 28.0. The van der Waals surface area contributed by atoms with Crippen LogP contribution in [0.25, 0.3) is 0 Å². The summed E-state index contributed by atoms with van der Waals surface area (Å²) in [6.07, 6.45) is 0.896. The first kappa shape index (κ1) is 16.4. The number of hydrogen-bond acceptors (Lipinski definition) is 1. The fourth-order valence-corrected chi connectivity index (χ4v) is 2.93. The van der Waals surface area contributed by atoms with E-state index in [1.54, 1.807) is 6.07 Å². The summed E-state index contributed by atoms with van der Waals surface area (Å²) in [4.78, 5) is 0. The van der Waals surface area contributed by atoms with Crippen molar-refractivity contribution in [3.63, 3.8) is 0 Å². The molecule has 0 heterocycles. The number of rotatable bonds is 5. The fourth-order valence-electron chi connectivity index (χ4n) is 2.15. The number of halogens is 4. The van der Waals surface area contributed by atoms with Crippen molar-refractivity contribution in [1.82, 2.24) is 5.32 Å². The van der Waals surface area contributed by atoms with Gasteiger partial charge in [-0.15, -0.1) is 0 Å². The van der Waals surface area contributed by atoms with Gasteiger partial charge in [0.1, 0.15) is 11.6 Å². The Balaban J connectivity index is 2.46. The van der Waals surface area contributed by atoms with E-state index in [9.17, 15) is 8.78 Å². The van der Waals surface area contributed by atoms with Crippen LogP contribution >= 0.6 is 27.5 Å². The van der Waals surface area contributed by atoms with Gasteiger partial charge in [0, 0.05) is 21.1 Å². The highest BCUT2D eigenvalue weighted by molar-refractivity contribution is 9.10. The van der Waals surface area contributed by atoms with Crippen LogP contribution in [0.1, 0.15) is 30.5 Å². The van der Waals surface area contributed by atoms with E-state index in [2.05, 4.69) is 21.2 Å². The third kappa shape index (κ3) is 4.02. The van der Waals surface area contributed by atoms with Crippen molar-refractivity contribution < 1.29 is 8.78 Å². The Morgan fingerprint density at radius 1 is 1.14 bits per heavy atom. The van der Waals surface area contributed by atoms with Crippen molar-refractivity contribution in [2.75, 3.05) is 6.54 Å². The predicted molar refractivity (Wildman–Crippen MR) is 85.6 cm³/mol. The molecular formula is C16H15BrClF2N. The molecule has 0 fully saturated rings. The molecule has 0 saturated carbocycles. The molecule has 5 heteroatoms. The fraction of sp³-hybridized carbons (Fsp3) is 0.250. The van der Waals surface area contributed by atoms with Gasteiger partial charge < -0.3 is 5.32 Å². The molecule has 0 aliphatic carbocycles. The van der Waals surface area contributed by atoms with Gasteiger partial charge in [0.05, 0.1) is 6.04 Å². The lowest BCUT2D eigenvalue weighted by Gasteiger charge is -2.21. The normalized spacial score (nSPS) is 12.4. The van der Waals surface area contributed by atoms with Crippen molar-refractivity contribution >= 4 is 27.5 Å². The maximum Gasteiger partial charge on any atom is 0.131 e. The van der Waals surface area contributed by atoms with Crippen LogP contribution in [0.15, 0.2) is 40.9 Å². The molecule has 1 unspecified atom stereocenters. The summed E-state index contributed by atoms with van der Waals surface area (Å²) in [6.45, 7) is 2.72. The Labute approximate surface area is 136 Å². The first-order valence-electron chi connectivity index (χ1n) is 6.66. The van der Waals surface area contributed by atoms with Gasteiger partial charge in [-0.3, -0.25) is 0 Å². The Kier molecular flexibility index (Phi) is 5.73. The predicted octanol–water partition coefficient (Wildman–Crippen LogP) is 5.47. The first-order chi connectivity index (χ1) is 10.0. The minimum Gasteiger partial charge on any atom is -0.306 e. The highest BCUT2D eigenvalue weighted by atomic mass is 79.9. The van der Waals surface area contributed by atoms with Crippen molar-refractivity contribution in [1.29, 1.82) is 0 Å². The second-order valence-corrected chi connectivity index (χ2v) is 6.04. The summed E-state index contributed by atoms with van der Waals surface area (Å²) in [6, 6.07) is 8.64. The Hall–Kier alpha value is -0.970. The van der Waals surface area contributed by atoms with E-state index in [-0.39, 0.29) is 0 Å². The first-order valence-corrected chi connectivity index (χ1v) is 7.83. The van der Waals surface area contributed by atoms with E-state index in [0.717, 1.165) is 22.5 Å². The summed E-state index contributed by atoms with van der Waals surface area (Å²) in [5.74, 6) is -1.17. The summed E-state index contributed by atoms with van der Waals surface area (Å²) in [7, 11) is 0. The van der Waals surface area contributed by atoms with Crippen LogP contribution in [0.2, 0.25) is 5.02 Å². The standard InChI is InChI=1S/C16H15BrClF2N/c1-2-7-21-16(12-5-3-10(17)8-14(12)18)13-6-4-11(19)9-15(13)20/h3-6,8-9,16,21H,2,7H2,1H3. The van der Waals surface area contributed by atoms with Crippen LogP contribution in [0.3, 0.4) is 0 Å². The quantitative estimate of drug-likeness (QED) is 0.732. The number of nitrogens with one attached hydrogen (secondary N) is 1. The molecular weight excluding hydrogens is 360 g/mol. The van der Waals surface area contributed by atoms with E-state index in [1.807, 2.05) is 19.1 Å². The van der Waals surface area contributed by atoms with Gasteiger partial charge in [-0.05, 0) is 36.7 Å². The van der Waals surface area contributed by atoms with Gasteiger partial charge in [0.2, 0.25) is 0 Å². The Bertz CT molecular complexity index is 582. The molecule has 0 amide bonds. The van der Waals surface area contributed by atoms with Crippen molar-refractivity contribution in [2.24, 2.45) is 0 Å². The van der Waals surface area contributed by atoms with E-state index >= 15 is 0 Å². The maximum absolute atomic E-state index is 14.1. The lowest BCUT2D eigenvalue weighted by atomic mass is 9.98. The molecule has 0 bridgehead atoms. The van der Waals surface area contributed by atoms with Gasteiger partial charge in [-0.2, -0.15) is 0 Å². The van der Waals surface area contributed by atoms with Crippen molar-refractivity contribution in [3.8, 4) is 0 Å². The third-order valence-electron chi connectivity index (χ3n) is 3.15. The second kappa shape index (κ2) is 7.34. The van der Waals surface area contributed by atoms with Crippen molar-refractivity contribution in [2.45, 2.75) is 19.4 Å². The molecule has 21 heavy (non-hydrogen) atoms. The van der Waals surface area contributed by atoms with Crippen LogP contribution in [-0.4, -0.2) is 6.54 Å². The third-order valence-corrected chi connectivity index (χ3v) is 3.97. The smallest absolute Gasteiger partial charge is 0.131 e. The molecule has 0 aliphatic heterocycles. The molecule has 0 radical (unpaired) electrons. The van der Waals surface area contributed by atoms with E-state index < -0.39 is 17.7 Å². The van der Waals surface area contributed by atoms with Gasteiger partial charge >= 0.3 is 0 Å². The molecule has 2 aromatic carbocycles. The summed E-state index contributed by atoms with van der Waals surface area (Å²) in [5.41, 5.74) is 1.15. The van der Waals surface area contributed by atoms with Gasteiger partial charge in [-0.25, -0.2) is 8.78 Å². The molecule has 2 rings (SSSR count). The lowest BCUT2D eigenvalue weighted by molar-refractivity contribution is 0.533. The Morgan fingerprint density at radius 2 is 1.86 bits per heavy atom. The highest BCUT2D eigenvalue weighted by Crippen LogP contribution is 2.32. The highest BCUT2D eigenvalue weighted by Gasteiger charge is 2.20. The van der Waals surface area contributed by atoms with Gasteiger partial charge in [-0.1, -0.05) is 46.6 Å². The zero-order chi connectivity index (χ0) is 15.4. The maximum atomic E-state index is 14.1. The number of benzene rings is 2. The SMILES string of the molecule is CCCNC(c1ccc(F)cc1F)c1ccc(Br)cc1Cl. The zero-order valence-electron chi connectivity index (χ0n) is 11.5. The zero-order valence-corrected chi connectivity index (χ0v) is 13.8. The van der Waals surface area contributed by atoms with Crippen molar-refractivity contribution in [3.05, 3.63) is 68.7 Å². The molecule has 0 saturated heterocycles. The van der Waals surface area contributed by atoms with E-state index in [1.165, 1.54) is 12.1 Å². The molecule has 2 aromatic rings. The van der Waals surface area contributed by atoms with Crippen LogP contribution < -0.4 is 5.32 Å². The minimum absolute atomic E-state index is 0.383. The summed E-state index contributed by atoms with van der Waals surface area (Å²) in [5, 5.41) is 3.79. The van der Waals surface area contributed by atoms with Gasteiger partial charge in [0.15, 0.2) is 0 Å². The Morgan fingerprint density at radius 3 is 2.48 bits per heavy atom. The monoisotopic (exact) mass is 373 g/mol. The number of hydrogen-bond donors (Lipinski definition) is 1. The molecule has 0 aliphatic rings. The second-order valence-electron chi connectivity index (χ2n) is 4.72. The molecule has 1 atom stereocenters. The molecule has 1 nitrogen and oxygen atoms in total. The van der Waals surface area contributed by atoms with Crippen LogP contribution in [0.4, 0.5) is 8.78 Å². The average Bonchev–Trinajstić information content (AvgIpc) is 2.42. The van der Waals surface area contributed by atoms with Crippen LogP contribution in [-0.2, 0) is 0 Å². The van der Waals surface area contributed by atoms with Crippen LogP contribution in [0.5, 0.6) is 0 Å². The van der Waals surface area contributed by atoms with Gasteiger partial charge in [0.25, 0.3) is 0 Å². The minimum atomic E-state index is -0.590. The van der Waals surface area contributed by atoms with E-state index in [4.69, 9.17) is 11.6 Å². The average molecular weight is 375 g/mol. The van der Waals surface area contributed by atoms with E-state index in [0.29, 0.717) is 17.1 Å². The lowest BCUT2D eigenvalue weighted by Crippen LogP contribution is -2.24. The summed E-state index contributed by atoms with van der Waals surface area (Å²) >= 11 is 9.62. The molecule has 0 aromatic heterocycles.